The molecular formula is C52H68N2O8. The lowest BCUT2D eigenvalue weighted by molar-refractivity contribution is 0.0724. The van der Waals surface area contributed by atoms with Crippen LogP contribution < -0.4 is 18.9 Å². The van der Waals surface area contributed by atoms with Gasteiger partial charge in [-0.25, -0.2) is 9.59 Å². The van der Waals surface area contributed by atoms with Gasteiger partial charge in [0.05, 0.1) is 24.3 Å². The third kappa shape index (κ3) is 19.4. The minimum Gasteiger partial charge on any atom is -0.507 e. The molecule has 0 spiro atoms. The first kappa shape index (κ1) is 49.0. The van der Waals surface area contributed by atoms with E-state index in [4.69, 9.17) is 18.9 Å². The van der Waals surface area contributed by atoms with E-state index in [0.29, 0.717) is 48.6 Å². The van der Waals surface area contributed by atoms with Crippen LogP contribution in [0.2, 0.25) is 0 Å². The highest BCUT2D eigenvalue weighted by molar-refractivity contribution is 5.92. The monoisotopic (exact) mass is 848 g/mol. The highest BCUT2D eigenvalue weighted by Gasteiger charge is 2.12. The summed E-state index contributed by atoms with van der Waals surface area (Å²) in [5, 5.41) is 21.0. The zero-order chi connectivity index (χ0) is 44.0. The van der Waals surface area contributed by atoms with Gasteiger partial charge in [-0.3, -0.25) is 9.98 Å². The molecule has 4 aromatic carbocycles. The zero-order valence-electron chi connectivity index (χ0n) is 37.0. The molecule has 0 aliphatic carbocycles. The van der Waals surface area contributed by atoms with Crippen LogP contribution in [0.15, 0.2) is 94.9 Å². The minimum atomic E-state index is -0.524. The van der Waals surface area contributed by atoms with E-state index < -0.39 is 11.9 Å². The molecule has 2 N–H and O–H groups in total. The molecule has 0 atom stereocenters. The topological polar surface area (TPSA) is 136 Å². The zero-order valence-corrected chi connectivity index (χ0v) is 37.0. The quantitative estimate of drug-likeness (QED) is 0.0221. The predicted octanol–water partition coefficient (Wildman–Crippen LogP) is 12.9. The smallest absolute Gasteiger partial charge is 0.343 e. The summed E-state index contributed by atoms with van der Waals surface area (Å²) < 4.78 is 22.6. The molecule has 4 rings (SSSR count). The summed E-state index contributed by atoms with van der Waals surface area (Å²) in [5.41, 5.74) is 1.80. The largest absolute Gasteiger partial charge is 0.507 e. The second-order valence-corrected chi connectivity index (χ2v) is 15.7. The Kier molecular flexibility index (Phi) is 23.4. The van der Waals surface area contributed by atoms with Crippen LogP contribution in [0.3, 0.4) is 0 Å². The SMILES string of the molecule is CCCCCCCCCCOc1ccc(C(=O)Oc2ccc(C=NCCCCN=Cc3ccc(OC(=O)c4ccc(OCCCCCCCCCC)cc4)cc3O)c(O)c2)cc1. The molecule has 0 saturated carbocycles. The number of esters is 2. The first-order valence-corrected chi connectivity index (χ1v) is 22.9. The van der Waals surface area contributed by atoms with Crippen LogP contribution in [0.5, 0.6) is 34.5 Å². The van der Waals surface area contributed by atoms with E-state index in [-0.39, 0.29) is 23.0 Å². The number of carbonyl (C=O) groups is 2. The Labute approximate surface area is 369 Å². The average Bonchev–Trinajstić information content (AvgIpc) is 3.27. The molecule has 10 heteroatoms. The van der Waals surface area contributed by atoms with Crippen molar-refractivity contribution < 1.29 is 38.7 Å². The molecule has 4 aromatic rings. The number of aromatic hydroxyl groups is 2. The molecule has 0 aliphatic rings. The molecule has 0 fully saturated rings. The summed E-state index contributed by atoms with van der Waals surface area (Å²) in [6.45, 7) is 6.84. The molecular weight excluding hydrogens is 781 g/mol. The number of nitrogens with zero attached hydrogens (tertiary/aromatic N) is 2. The summed E-state index contributed by atoms with van der Waals surface area (Å²) in [6.07, 6.45) is 24.6. The number of unbranched alkanes of at least 4 members (excludes halogenated alkanes) is 15. The van der Waals surface area contributed by atoms with Gasteiger partial charge in [0, 0.05) is 48.8 Å². The Morgan fingerprint density at radius 1 is 0.452 bits per heavy atom. The van der Waals surface area contributed by atoms with Gasteiger partial charge in [0.25, 0.3) is 0 Å². The lowest BCUT2D eigenvalue weighted by Crippen LogP contribution is -2.08. The van der Waals surface area contributed by atoms with Crippen molar-refractivity contribution in [3.05, 3.63) is 107 Å². The van der Waals surface area contributed by atoms with Crippen LogP contribution in [0.4, 0.5) is 0 Å². The first-order valence-electron chi connectivity index (χ1n) is 22.9. The molecule has 0 amide bonds. The number of rotatable bonds is 31. The summed E-state index contributed by atoms with van der Waals surface area (Å²) in [5.74, 6) is 0.763. The summed E-state index contributed by atoms with van der Waals surface area (Å²) in [7, 11) is 0. The Balaban J connectivity index is 1.08. The fourth-order valence-corrected chi connectivity index (χ4v) is 6.68. The molecule has 10 nitrogen and oxygen atoms in total. The number of phenolic OH excluding ortho intramolecular Hbond substituents is 2. The maximum atomic E-state index is 12.7. The van der Waals surface area contributed by atoms with Crippen molar-refractivity contribution in [3.8, 4) is 34.5 Å². The number of hydrogen-bond donors (Lipinski definition) is 2. The Morgan fingerprint density at radius 3 is 1.15 bits per heavy atom. The first-order chi connectivity index (χ1) is 30.4. The van der Waals surface area contributed by atoms with E-state index in [0.717, 1.165) is 50.0 Å². The summed E-state index contributed by atoms with van der Waals surface area (Å²) in [6, 6.07) is 23.1. The van der Waals surface area contributed by atoms with Crippen LogP contribution in [0, 0.1) is 0 Å². The fraction of sp³-hybridized carbons (Fsp3) is 0.462. The van der Waals surface area contributed by atoms with E-state index in [2.05, 4.69) is 23.8 Å². The van der Waals surface area contributed by atoms with Crippen molar-refractivity contribution in [1.82, 2.24) is 0 Å². The van der Waals surface area contributed by atoms with E-state index >= 15 is 0 Å². The van der Waals surface area contributed by atoms with Gasteiger partial charge in [0.1, 0.15) is 34.5 Å². The number of phenols is 2. The van der Waals surface area contributed by atoms with Crippen LogP contribution in [-0.2, 0) is 0 Å². The molecule has 0 heterocycles. The lowest BCUT2D eigenvalue weighted by Gasteiger charge is -2.08. The number of hydrogen-bond acceptors (Lipinski definition) is 10. The standard InChI is InChI=1S/C52H68N2O8/c1-3-5-7-9-11-13-15-19-35-59-45-27-21-41(22-28-45)51(57)61-47-31-25-43(49(55)37-47)39-53-33-17-18-34-54-40-44-26-32-48(38-50(44)56)62-52(58)42-23-29-46(30-24-42)60-36-20-16-14-12-10-8-6-4-2/h21-32,37-40,55-56H,3-20,33-36H2,1-2H3. The highest BCUT2D eigenvalue weighted by atomic mass is 16.5. The van der Waals surface area contributed by atoms with Crippen molar-refractivity contribution in [1.29, 1.82) is 0 Å². The maximum absolute atomic E-state index is 12.7. The average molecular weight is 849 g/mol. The van der Waals surface area contributed by atoms with Crippen molar-refractivity contribution in [3.63, 3.8) is 0 Å². The van der Waals surface area contributed by atoms with E-state index in [1.165, 1.54) is 89.2 Å². The van der Waals surface area contributed by atoms with Crippen LogP contribution >= 0.6 is 0 Å². The molecule has 334 valence electrons. The number of ether oxygens (including phenoxy) is 4. The van der Waals surface area contributed by atoms with Crippen molar-refractivity contribution >= 4 is 24.4 Å². The predicted molar refractivity (Wildman–Crippen MR) is 249 cm³/mol. The van der Waals surface area contributed by atoms with Gasteiger partial charge < -0.3 is 29.2 Å². The second kappa shape index (κ2) is 29.6. The molecule has 0 saturated heterocycles. The van der Waals surface area contributed by atoms with Gasteiger partial charge in [-0.15, -0.1) is 0 Å². The maximum Gasteiger partial charge on any atom is 0.343 e. The van der Waals surface area contributed by atoms with Crippen LogP contribution in [0.1, 0.15) is 161 Å². The van der Waals surface area contributed by atoms with E-state index in [1.54, 1.807) is 85.2 Å². The van der Waals surface area contributed by atoms with E-state index in [9.17, 15) is 19.8 Å². The normalized spacial score (nSPS) is 11.3. The minimum absolute atomic E-state index is 0.0440. The Morgan fingerprint density at radius 2 is 0.790 bits per heavy atom. The summed E-state index contributed by atoms with van der Waals surface area (Å²) >= 11 is 0. The molecule has 0 unspecified atom stereocenters. The molecule has 0 aromatic heterocycles. The molecule has 0 aliphatic heterocycles. The Hall–Kier alpha value is -5.64. The van der Waals surface area contributed by atoms with Gasteiger partial charge in [-0.1, -0.05) is 104 Å². The van der Waals surface area contributed by atoms with Crippen molar-refractivity contribution in [2.24, 2.45) is 9.98 Å². The second-order valence-electron chi connectivity index (χ2n) is 15.7. The van der Waals surface area contributed by atoms with Crippen LogP contribution in [0.25, 0.3) is 0 Å². The number of benzene rings is 4. The Bertz CT molecular complexity index is 1800. The molecule has 0 radical (unpaired) electrons. The lowest BCUT2D eigenvalue weighted by atomic mass is 10.1. The van der Waals surface area contributed by atoms with Crippen LogP contribution in [-0.4, -0.2) is 60.9 Å². The van der Waals surface area contributed by atoms with Gasteiger partial charge >= 0.3 is 11.9 Å². The van der Waals surface area contributed by atoms with Crippen molar-refractivity contribution in [2.75, 3.05) is 26.3 Å². The van der Waals surface area contributed by atoms with Crippen molar-refractivity contribution in [2.45, 2.75) is 129 Å². The van der Waals surface area contributed by atoms with Gasteiger partial charge in [0.15, 0.2) is 0 Å². The third-order valence-corrected chi connectivity index (χ3v) is 10.4. The third-order valence-electron chi connectivity index (χ3n) is 10.4. The highest BCUT2D eigenvalue weighted by Crippen LogP contribution is 2.25. The van der Waals surface area contributed by atoms with Gasteiger partial charge in [0.2, 0.25) is 0 Å². The molecule has 62 heavy (non-hydrogen) atoms. The number of carbonyl (C=O) groups excluding carboxylic acids is 2. The summed E-state index contributed by atoms with van der Waals surface area (Å²) in [4.78, 5) is 34.2. The van der Waals surface area contributed by atoms with Gasteiger partial charge in [-0.05, 0) is 98.5 Å². The van der Waals surface area contributed by atoms with Gasteiger partial charge in [-0.2, -0.15) is 0 Å². The van der Waals surface area contributed by atoms with E-state index in [1.807, 2.05) is 0 Å². The fourth-order valence-electron chi connectivity index (χ4n) is 6.68. The number of aliphatic imine (C=N–C) groups is 2. The molecule has 0 bridgehead atoms.